The van der Waals surface area contributed by atoms with Crippen LogP contribution < -0.4 is 5.56 Å². The summed E-state index contributed by atoms with van der Waals surface area (Å²) in [7, 11) is 0. The minimum absolute atomic E-state index is 0.00374. The van der Waals surface area contributed by atoms with Gasteiger partial charge in [-0.15, -0.1) is 0 Å². The molecule has 1 aromatic rings. The molecule has 0 unspecified atom stereocenters. The molecule has 0 spiro atoms. The summed E-state index contributed by atoms with van der Waals surface area (Å²) in [6.07, 6.45) is 2.15. The van der Waals surface area contributed by atoms with Gasteiger partial charge >= 0.3 is 0 Å². The van der Waals surface area contributed by atoms with Gasteiger partial charge in [0.1, 0.15) is 0 Å². The molecule has 0 amide bonds. The summed E-state index contributed by atoms with van der Waals surface area (Å²) in [4.78, 5) is 12.3. The average molecular weight is 238 g/mol. The molecule has 17 heavy (non-hydrogen) atoms. The maximum Gasteiger partial charge on any atom is 0.270 e. The molecule has 0 aliphatic carbocycles. The van der Waals surface area contributed by atoms with Crippen molar-refractivity contribution in [2.75, 3.05) is 0 Å². The number of aromatic nitrogens is 2. The van der Waals surface area contributed by atoms with Gasteiger partial charge < -0.3 is 0 Å². The Morgan fingerprint density at radius 3 is 2.24 bits per heavy atom. The minimum Gasteiger partial charge on any atom is -0.299 e. The van der Waals surface area contributed by atoms with Gasteiger partial charge in [0.25, 0.3) is 5.56 Å². The smallest absolute Gasteiger partial charge is 0.270 e. The van der Waals surface area contributed by atoms with Gasteiger partial charge in [0.05, 0.1) is 0 Å². The van der Waals surface area contributed by atoms with E-state index in [9.17, 15) is 4.79 Å². The Bertz CT molecular complexity index is 418. The molecule has 0 aromatic carbocycles. The van der Waals surface area contributed by atoms with E-state index in [-0.39, 0.29) is 16.9 Å². The number of aromatic amines is 1. The standard InChI is InChI=1S/C14H26N2O/c1-7-8-9-16-13(17)11(10(2)3)12(15-16)14(4,5)6/h10,15H,7-9H2,1-6H3. The highest BCUT2D eigenvalue weighted by molar-refractivity contribution is 5.27. The largest absolute Gasteiger partial charge is 0.299 e. The van der Waals surface area contributed by atoms with E-state index < -0.39 is 0 Å². The molecule has 0 saturated heterocycles. The van der Waals surface area contributed by atoms with Gasteiger partial charge in [-0.25, -0.2) is 0 Å². The van der Waals surface area contributed by atoms with Crippen LogP contribution in [0.5, 0.6) is 0 Å². The van der Waals surface area contributed by atoms with E-state index in [1.54, 1.807) is 4.68 Å². The molecule has 0 aliphatic rings. The lowest BCUT2D eigenvalue weighted by Crippen LogP contribution is -2.20. The van der Waals surface area contributed by atoms with E-state index in [1.807, 2.05) is 0 Å². The highest BCUT2D eigenvalue weighted by Gasteiger charge is 2.25. The van der Waals surface area contributed by atoms with Crippen molar-refractivity contribution in [2.24, 2.45) is 0 Å². The predicted molar refractivity (Wildman–Crippen MR) is 72.7 cm³/mol. The van der Waals surface area contributed by atoms with Crippen molar-refractivity contribution in [2.45, 2.75) is 72.3 Å². The summed E-state index contributed by atoms with van der Waals surface area (Å²) in [6, 6.07) is 0. The molecule has 0 fully saturated rings. The number of rotatable bonds is 4. The summed E-state index contributed by atoms with van der Waals surface area (Å²) in [5.41, 5.74) is 2.21. The van der Waals surface area contributed by atoms with Crippen LogP contribution in [-0.4, -0.2) is 9.78 Å². The van der Waals surface area contributed by atoms with E-state index in [0.29, 0.717) is 0 Å². The Labute approximate surface area is 104 Å². The van der Waals surface area contributed by atoms with Crippen LogP contribution in [0.4, 0.5) is 0 Å². The minimum atomic E-state index is -0.00374. The first-order valence-corrected chi connectivity index (χ1v) is 6.62. The third kappa shape index (κ3) is 3.02. The van der Waals surface area contributed by atoms with Crippen molar-refractivity contribution in [1.29, 1.82) is 0 Å². The number of hydrogen-bond acceptors (Lipinski definition) is 1. The zero-order chi connectivity index (χ0) is 13.2. The molecule has 0 aliphatic heterocycles. The van der Waals surface area contributed by atoms with Crippen LogP contribution in [0.15, 0.2) is 4.79 Å². The maximum absolute atomic E-state index is 12.3. The predicted octanol–water partition coefficient (Wildman–Crippen LogP) is 3.40. The number of H-pyrrole nitrogens is 1. The Hall–Kier alpha value is -0.990. The molecular formula is C14H26N2O. The van der Waals surface area contributed by atoms with Crippen molar-refractivity contribution < 1.29 is 0 Å². The summed E-state index contributed by atoms with van der Waals surface area (Å²) in [5, 5.41) is 3.31. The zero-order valence-corrected chi connectivity index (χ0v) is 12.1. The van der Waals surface area contributed by atoms with Crippen molar-refractivity contribution in [3.8, 4) is 0 Å². The van der Waals surface area contributed by atoms with Crippen LogP contribution in [0.3, 0.4) is 0 Å². The molecule has 0 radical (unpaired) electrons. The molecule has 1 heterocycles. The molecule has 0 saturated carbocycles. The molecule has 98 valence electrons. The Morgan fingerprint density at radius 1 is 1.29 bits per heavy atom. The SMILES string of the molecule is CCCCn1[nH]c(C(C)(C)C)c(C(C)C)c1=O. The highest BCUT2D eigenvalue weighted by Crippen LogP contribution is 2.26. The molecule has 3 nitrogen and oxygen atoms in total. The fourth-order valence-corrected chi connectivity index (χ4v) is 2.08. The lowest BCUT2D eigenvalue weighted by molar-refractivity contribution is 0.512. The summed E-state index contributed by atoms with van der Waals surface area (Å²) >= 11 is 0. The maximum atomic E-state index is 12.3. The van der Waals surface area contributed by atoms with Crippen molar-refractivity contribution in [1.82, 2.24) is 9.78 Å². The normalized spacial score (nSPS) is 12.4. The Kier molecular flexibility index (Phi) is 4.23. The van der Waals surface area contributed by atoms with Crippen molar-refractivity contribution >= 4 is 0 Å². The van der Waals surface area contributed by atoms with Crippen LogP contribution in [0.2, 0.25) is 0 Å². The average Bonchev–Trinajstić information content (AvgIpc) is 2.52. The first-order valence-electron chi connectivity index (χ1n) is 6.62. The lowest BCUT2D eigenvalue weighted by atomic mass is 9.86. The molecule has 1 rings (SSSR count). The Morgan fingerprint density at radius 2 is 1.88 bits per heavy atom. The number of nitrogens with zero attached hydrogens (tertiary/aromatic N) is 1. The molecular weight excluding hydrogens is 212 g/mol. The second kappa shape index (κ2) is 5.11. The quantitative estimate of drug-likeness (QED) is 0.857. The van der Waals surface area contributed by atoms with Crippen LogP contribution in [0.1, 0.15) is 71.6 Å². The second-order valence-electron chi connectivity index (χ2n) is 6.12. The number of aryl methyl sites for hydroxylation is 1. The number of nitrogens with one attached hydrogen (secondary N) is 1. The molecule has 0 bridgehead atoms. The molecule has 1 N–H and O–H groups in total. The van der Waals surface area contributed by atoms with Crippen molar-refractivity contribution in [3.63, 3.8) is 0 Å². The fourth-order valence-electron chi connectivity index (χ4n) is 2.08. The highest BCUT2D eigenvalue weighted by atomic mass is 16.1. The second-order valence-corrected chi connectivity index (χ2v) is 6.12. The third-order valence-electron chi connectivity index (χ3n) is 3.05. The van der Waals surface area contributed by atoms with Crippen LogP contribution >= 0.6 is 0 Å². The zero-order valence-electron chi connectivity index (χ0n) is 12.1. The van der Waals surface area contributed by atoms with Gasteiger partial charge in [0, 0.05) is 23.2 Å². The van der Waals surface area contributed by atoms with Gasteiger partial charge in [0.2, 0.25) is 0 Å². The van der Waals surface area contributed by atoms with Crippen molar-refractivity contribution in [3.05, 3.63) is 21.6 Å². The van der Waals surface area contributed by atoms with Crippen LogP contribution in [0, 0.1) is 0 Å². The molecule has 0 atom stereocenters. The molecule has 1 aromatic heterocycles. The molecule has 3 heteroatoms. The van der Waals surface area contributed by atoms with Gasteiger partial charge in [-0.05, 0) is 12.3 Å². The van der Waals surface area contributed by atoms with Gasteiger partial charge in [0.15, 0.2) is 0 Å². The van der Waals surface area contributed by atoms with E-state index in [4.69, 9.17) is 0 Å². The van der Waals surface area contributed by atoms with Crippen LogP contribution in [0.25, 0.3) is 0 Å². The lowest BCUT2D eigenvalue weighted by Gasteiger charge is -2.19. The first kappa shape index (κ1) is 14.1. The summed E-state index contributed by atoms with van der Waals surface area (Å²) in [6.45, 7) is 13.6. The monoisotopic (exact) mass is 238 g/mol. The van der Waals surface area contributed by atoms with Gasteiger partial charge in [-0.1, -0.05) is 48.0 Å². The van der Waals surface area contributed by atoms with Crippen LogP contribution in [-0.2, 0) is 12.0 Å². The Balaban J connectivity index is 3.26. The number of hydrogen-bond donors (Lipinski definition) is 1. The third-order valence-corrected chi connectivity index (χ3v) is 3.05. The number of unbranched alkanes of at least 4 members (excludes halogenated alkanes) is 1. The van der Waals surface area contributed by atoms with E-state index in [2.05, 4.69) is 46.6 Å². The van der Waals surface area contributed by atoms with E-state index >= 15 is 0 Å². The van der Waals surface area contributed by atoms with E-state index in [1.165, 1.54) is 0 Å². The van der Waals surface area contributed by atoms with Gasteiger partial charge in [-0.2, -0.15) is 0 Å². The summed E-state index contributed by atoms with van der Waals surface area (Å²) in [5.74, 6) is 0.274. The fraction of sp³-hybridized carbons (Fsp3) is 0.786. The first-order chi connectivity index (χ1) is 7.79. The topological polar surface area (TPSA) is 37.8 Å². The van der Waals surface area contributed by atoms with E-state index in [0.717, 1.165) is 30.6 Å². The summed E-state index contributed by atoms with van der Waals surface area (Å²) < 4.78 is 1.78. The van der Waals surface area contributed by atoms with Gasteiger partial charge in [-0.3, -0.25) is 14.6 Å².